The molecule has 3 heteroatoms. The third-order valence-electron chi connectivity index (χ3n) is 3.24. The zero-order chi connectivity index (χ0) is 13.2. The fourth-order valence-electron chi connectivity index (χ4n) is 2.23. The number of hydrogen-bond donors (Lipinski definition) is 1. The summed E-state index contributed by atoms with van der Waals surface area (Å²) in [7, 11) is 0. The van der Waals surface area contributed by atoms with Gasteiger partial charge in [0.1, 0.15) is 0 Å². The molecule has 1 aromatic heterocycles. The molecule has 1 nitrogen and oxygen atoms in total. The van der Waals surface area contributed by atoms with Crippen molar-refractivity contribution in [2.75, 3.05) is 0 Å². The van der Waals surface area contributed by atoms with Gasteiger partial charge in [0, 0.05) is 27.2 Å². The molecule has 0 amide bonds. The molecule has 19 heavy (non-hydrogen) atoms. The van der Waals surface area contributed by atoms with Crippen molar-refractivity contribution in [2.45, 2.75) is 12.5 Å². The maximum atomic E-state index is 6.32. The van der Waals surface area contributed by atoms with E-state index in [2.05, 4.69) is 69.8 Å². The van der Waals surface area contributed by atoms with Crippen molar-refractivity contribution in [1.29, 1.82) is 0 Å². The molecule has 0 spiro atoms. The lowest BCUT2D eigenvalue weighted by Crippen LogP contribution is -2.12. The number of fused-ring (bicyclic) bond motifs is 1. The van der Waals surface area contributed by atoms with Gasteiger partial charge in [0.2, 0.25) is 0 Å². The lowest BCUT2D eigenvalue weighted by atomic mass is 10.00. The summed E-state index contributed by atoms with van der Waals surface area (Å²) in [5.74, 6) is 0. The maximum absolute atomic E-state index is 6.32. The van der Waals surface area contributed by atoms with Crippen LogP contribution >= 0.6 is 27.3 Å². The minimum absolute atomic E-state index is 0.0511. The summed E-state index contributed by atoms with van der Waals surface area (Å²) in [6, 6.07) is 17.1. The molecule has 2 aromatic carbocycles. The van der Waals surface area contributed by atoms with E-state index in [4.69, 9.17) is 5.73 Å². The Morgan fingerprint density at radius 3 is 2.58 bits per heavy atom. The van der Waals surface area contributed by atoms with Crippen LogP contribution in [0.5, 0.6) is 0 Å². The van der Waals surface area contributed by atoms with E-state index < -0.39 is 0 Å². The van der Waals surface area contributed by atoms with Crippen LogP contribution < -0.4 is 5.73 Å². The van der Waals surface area contributed by atoms with Crippen molar-refractivity contribution in [1.82, 2.24) is 0 Å². The third-order valence-corrected chi connectivity index (χ3v) is 4.96. The highest BCUT2D eigenvalue weighted by Crippen LogP contribution is 2.26. The zero-order valence-corrected chi connectivity index (χ0v) is 12.7. The Morgan fingerprint density at radius 1 is 1.05 bits per heavy atom. The molecule has 1 atom stereocenters. The highest BCUT2D eigenvalue weighted by atomic mass is 79.9. The van der Waals surface area contributed by atoms with Crippen LogP contribution in [-0.2, 0) is 6.42 Å². The summed E-state index contributed by atoms with van der Waals surface area (Å²) in [5.41, 5.74) is 7.52. The molecule has 2 N–H and O–H groups in total. The van der Waals surface area contributed by atoms with Crippen LogP contribution in [0.1, 0.15) is 16.5 Å². The van der Waals surface area contributed by atoms with Crippen molar-refractivity contribution in [3.8, 4) is 0 Å². The van der Waals surface area contributed by atoms with Crippen molar-refractivity contribution < 1.29 is 0 Å². The molecule has 0 aliphatic carbocycles. The van der Waals surface area contributed by atoms with E-state index in [9.17, 15) is 0 Å². The molecule has 0 radical (unpaired) electrons. The van der Waals surface area contributed by atoms with Gasteiger partial charge >= 0.3 is 0 Å². The van der Waals surface area contributed by atoms with E-state index in [0.29, 0.717) is 0 Å². The molecule has 0 saturated carbocycles. The van der Waals surface area contributed by atoms with Crippen LogP contribution in [0.2, 0.25) is 0 Å². The summed E-state index contributed by atoms with van der Waals surface area (Å²) in [4.78, 5) is 1.31. The minimum atomic E-state index is 0.0511. The highest BCUT2D eigenvalue weighted by Gasteiger charge is 2.09. The Kier molecular flexibility index (Phi) is 3.69. The molecule has 0 saturated heterocycles. The first-order valence-corrected chi connectivity index (χ1v) is 7.87. The fourth-order valence-corrected chi connectivity index (χ4v) is 3.74. The lowest BCUT2D eigenvalue weighted by Gasteiger charge is -2.12. The zero-order valence-electron chi connectivity index (χ0n) is 10.3. The Labute approximate surface area is 125 Å². The van der Waals surface area contributed by atoms with E-state index in [1.165, 1.54) is 21.2 Å². The maximum Gasteiger partial charge on any atom is 0.0343 e. The van der Waals surface area contributed by atoms with E-state index in [1.54, 1.807) is 11.3 Å². The monoisotopic (exact) mass is 331 g/mol. The number of thiophene rings is 1. The first-order chi connectivity index (χ1) is 9.22. The van der Waals surface area contributed by atoms with E-state index in [1.807, 2.05) is 0 Å². The summed E-state index contributed by atoms with van der Waals surface area (Å²) >= 11 is 5.23. The second kappa shape index (κ2) is 5.45. The quantitative estimate of drug-likeness (QED) is 0.725. The Balaban J connectivity index is 1.86. The average molecular weight is 332 g/mol. The predicted molar refractivity (Wildman–Crippen MR) is 86.6 cm³/mol. The van der Waals surface area contributed by atoms with Crippen LogP contribution in [0, 0.1) is 0 Å². The van der Waals surface area contributed by atoms with Gasteiger partial charge in [-0.3, -0.25) is 0 Å². The summed E-state index contributed by atoms with van der Waals surface area (Å²) in [5, 5.41) is 4.61. The molecule has 3 aromatic rings. The molecule has 0 bridgehead atoms. The predicted octanol–water partition coefficient (Wildman–Crippen LogP) is 4.91. The Hall–Kier alpha value is -1.16. The summed E-state index contributed by atoms with van der Waals surface area (Å²) in [6.45, 7) is 0. The first kappa shape index (κ1) is 12.9. The standard InChI is InChI=1S/C16H14BrNS/c17-14-8-15(19-10-14)9-16(18)13-6-5-11-3-1-2-4-12(11)7-13/h1-8,10,16H,9,18H2. The Bertz CT molecular complexity index is 705. The molecule has 96 valence electrons. The van der Waals surface area contributed by atoms with E-state index in [-0.39, 0.29) is 6.04 Å². The molecule has 1 unspecified atom stereocenters. The van der Waals surface area contributed by atoms with Gasteiger partial charge in [-0.2, -0.15) is 0 Å². The van der Waals surface area contributed by atoms with Crippen molar-refractivity contribution >= 4 is 38.0 Å². The molecule has 1 heterocycles. The van der Waals surface area contributed by atoms with Crippen LogP contribution in [0.15, 0.2) is 58.4 Å². The van der Waals surface area contributed by atoms with Gasteiger partial charge in [-0.15, -0.1) is 11.3 Å². The second-order valence-corrected chi connectivity index (χ2v) is 6.56. The van der Waals surface area contributed by atoms with Gasteiger partial charge in [-0.1, -0.05) is 36.4 Å². The van der Waals surface area contributed by atoms with Crippen LogP contribution in [0.3, 0.4) is 0 Å². The molecule has 3 rings (SSSR count). The van der Waals surface area contributed by atoms with Gasteiger partial charge in [-0.05, 0) is 44.4 Å². The van der Waals surface area contributed by atoms with Crippen molar-refractivity contribution in [3.63, 3.8) is 0 Å². The third kappa shape index (κ3) is 2.89. The van der Waals surface area contributed by atoms with Gasteiger partial charge in [0.25, 0.3) is 0 Å². The molecule has 0 fully saturated rings. The normalized spacial score (nSPS) is 12.7. The summed E-state index contributed by atoms with van der Waals surface area (Å²) < 4.78 is 1.14. The number of hydrogen-bond acceptors (Lipinski definition) is 2. The fraction of sp³-hybridized carbons (Fsp3) is 0.125. The smallest absolute Gasteiger partial charge is 0.0343 e. The molecular formula is C16H14BrNS. The topological polar surface area (TPSA) is 26.0 Å². The van der Waals surface area contributed by atoms with E-state index >= 15 is 0 Å². The highest BCUT2D eigenvalue weighted by molar-refractivity contribution is 9.10. The average Bonchev–Trinajstić information content (AvgIpc) is 2.83. The molecular weight excluding hydrogens is 318 g/mol. The van der Waals surface area contributed by atoms with Gasteiger partial charge in [0.05, 0.1) is 0 Å². The van der Waals surface area contributed by atoms with Gasteiger partial charge in [0.15, 0.2) is 0 Å². The molecule has 0 aliphatic rings. The van der Waals surface area contributed by atoms with Gasteiger partial charge < -0.3 is 5.73 Å². The van der Waals surface area contributed by atoms with Gasteiger partial charge in [-0.25, -0.2) is 0 Å². The van der Waals surface area contributed by atoms with E-state index in [0.717, 1.165) is 10.9 Å². The van der Waals surface area contributed by atoms with Crippen LogP contribution in [0.4, 0.5) is 0 Å². The van der Waals surface area contributed by atoms with Crippen LogP contribution in [0.25, 0.3) is 10.8 Å². The SMILES string of the molecule is NC(Cc1cc(Br)cs1)c1ccc2ccccc2c1. The summed E-state index contributed by atoms with van der Waals surface area (Å²) in [6.07, 6.45) is 0.884. The lowest BCUT2D eigenvalue weighted by molar-refractivity contribution is 0.731. The largest absolute Gasteiger partial charge is 0.324 e. The minimum Gasteiger partial charge on any atom is -0.324 e. The first-order valence-electron chi connectivity index (χ1n) is 6.19. The van der Waals surface area contributed by atoms with Crippen molar-refractivity contribution in [2.24, 2.45) is 5.73 Å². The van der Waals surface area contributed by atoms with Crippen LogP contribution in [-0.4, -0.2) is 0 Å². The molecule has 0 aliphatic heterocycles. The number of halogens is 1. The number of rotatable bonds is 3. The second-order valence-electron chi connectivity index (χ2n) is 4.65. The number of benzene rings is 2. The number of nitrogens with two attached hydrogens (primary N) is 1. The van der Waals surface area contributed by atoms with Crippen molar-refractivity contribution in [3.05, 3.63) is 68.8 Å². The Morgan fingerprint density at radius 2 is 1.84 bits per heavy atom.